The Hall–Kier alpha value is -3.78. The smallest absolute Gasteiger partial charge is 0.255 e. The topological polar surface area (TPSA) is 88.0 Å². The van der Waals surface area contributed by atoms with E-state index in [0.29, 0.717) is 17.0 Å². The van der Waals surface area contributed by atoms with Crippen molar-refractivity contribution >= 4 is 28.6 Å². The summed E-state index contributed by atoms with van der Waals surface area (Å²) in [5, 5.41) is 10.9. The molecule has 0 spiro atoms. The predicted molar refractivity (Wildman–Crippen MR) is 139 cm³/mol. The van der Waals surface area contributed by atoms with Gasteiger partial charge in [0.15, 0.2) is 0 Å². The molecule has 180 valence electrons. The molecule has 3 heterocycles. The van der Waals surface area contributed by atoms with Crippen molar-refractivity contribution in [2.45, 2.75) is 46.3 Å². The number of likely N-dealkylation sites (tertiary alicyclic amines) is 1. The van der Waals surface area contributed by atoms with Crippen molar-refractivity contribution < 1.29 is 4.79 Å². The van der Waals surface area contributed by atoms with E-state index < -0.39 is 0 Å². The Labute approximate surface area is 205 Å². The summed E-state index contributed by atoms with van der Waals surface area (Å²) in [4.78, 5) is 24.4. The molecular weight excluding hydrogens is 438 g/mol. The van der Waals surface area contributed by atoms with Crippen molar-refractivity contribution in [1.29, 1.82) is 0 Å². The zero-order chi connectivity index (χ0) is 24.4. The third-order valence-corrected chi connectivity index (χ3v) is 6.56. The molecule has 1 aliphatic rings. The highest BCUT2D eigenvalue weighted by Gasteiger charge is 2.16. The van der Waals surface area contributed by atoms with Crippen molar-refractivity contribution in [3.05, 3.63) is 77.1 Å². The highest BCUT2D eigenvalue weighted by molar-refractivity contribution is 6.04. The van der Waals surface area contributed by atoms with Gasteiger partial charge in [0.05, 0.1) is 18.4 Å². The van der Waals surface area contributed by atoms with E-state index in [1.165, 1.54) is 12.0 Å². The van der Waals surface area contributed by atoms with Crippen molar-refractivity contribution in [3.8, 4) is 0 Å². The van der Waals surface area contributed by atoms with Crippen LogP contribution < -0.4 is 10.6 Å². The molecular formula is C27H31N7O. The van der Waals surface area contributed by atoms with E-state index in [4.69, 9.17) is 0 Å². The fourth-order valence-electron chi connectivity index (χ4n) is 4.27. The normalized spacial score (nSPS) is 14.5. The summed E-state index contributed by atoms with van der Waals surface area (Å²) in [5.74, 6) is 0.554. The lowest BCUT2D eigenvalue weighted by atomic mass is 10.0. The van der Waals surface area contributed by atoms with E-state index in [2.05, 4.69) is 50.5 Å². The van der Waals surface area contributed by atoms with Gasteiger partial charge in [-0.3, -0.25) is 14.4 Å². The highest BCUT2D eigenvalue weighted by Crippen LogP contribution is 2.23. The van der Waals surface area contributed by atoms with Gasteiger partial charge in [0, 0.05) is 24.3 Å². The summed E-state index contributed by atoms with van der Waals surface area (Å²) in [6.07, 6.45) is 4.89. The molecule has 2 N–H and O–H groups in total. The number of anilines is 2. The number of hydrogen-bond acceptors (Lipinski definition) is 6. The van der Waals surface area contributed by atoms with Crippen LogP contribution in [0.4, 0.5) is 11.5 Å². The SMILES string of the molecule is CCn1cc2ncc(N[C@@H](C)c3cccc(NC(=O)c4ccc(CN5CCC5)c(C)c4)c3)nc2n1. The summed E-state index contributed by atoms with van der Waals surface area (Å²) >= 11 is 0. The largest absolute Gasteiger partial charge is 0.362 e. The first-order chi connectivity index (χ1) is 17.0. The van der Waals surface area contributed by atoms with Gasteiger partial charge < -0.3 is 10.6 Å². The second-order valence-corrected chi connectivity index (χ2v) is 9.17. The minimum absolute atomic E-state index is 0.0325. The Bertz CT molecular complexity index is 1360. The van der Waals surface area contributed by atoms with Gasteiger partial charge in [-0.2, -0.15) is 5.10 Å². The van der Waals surface area contributed by atoms with E-state index in [9.17, 15) is 4.79 Å². The lowest BCUT2D eigenvalue weighted by Crippen LogP contribution is -2.36. The zero-order valence-electron chi connectivity index (χ0n) is 20.5. The molecule has 1 atom stereocenters. The van der Waals surface area contributed by atoms with Crippen LogP contribution in [0.15, 0.2) is 54.9 Å². The Morgan fingerprint density at radius 1 is 1.17 bits per heavy atom. The number of aryl methyl sites for hydroxylation is 2. The summed E-state index contributed by atoms with van der Waals surface area (Å²) < 4.78 is 1.82. The van der Waals surface area contributed by atoms with Gasteiger partial charge in [-0.15, -0.1) is 0 Å². The molecule has 1 saturated heterocycles. The summed E-state index contributed by atoms with van der Waals surface area (Å²) in [5.41, 5.74) is 6.29. The maximum atomic E-state index is 12.9. The number of aromatic nitrogens is 4. The Kier molecular flexibility index (Phi) is 6.46. The standard InChI is InChI=1S/C27H31N7O/c1-4-34-17-24-26(32-34)31-25(15-28-24)29-19(3)20-7-5-8-23(14-20)30-27(35)21-9-10-22(18(2)13-21)16-33-11-6-12-33/h5,7-10,13-15,17,19H,4,6,11-12,16H2,1-3H3,(H,30,35)(H,29,31,32)/t19-/m0/s1. The number of amides is 1. The Morgan fingerprint density at radius 3 is 2.77 bits per heavy atom. The molecule has 8 nitrogen and oxygen atoms in total. The van der Waals surface area contributed by atoms with Gasteiger partial charge in [-0.05, 0) is 81.2 Å². The van der Waals surface area contributed by atoms with Crippen molar-refractivity contribution in [1.82, 2.24) is 24.6 Å². The predicted octanol–water partition coefficient (Wildman–Crippen LogP) is 4.79. The first-order valence-corrected chi connectivity index (χ1v) is 12.2. The minimum Gasteiger partial charge on any atom is -0.362 e. The van der Waals surface area contributed by atoms with Crippen LogP contribution in [0.2, 0.25) is 0 Å². The van der Waals surface area contributed by atoms with Crippen molar-refractivity contribution in [2.75, 3.05) is 23.7 Å². The number of hydrogen-bond donors (Lipinski definition) is 2. The second kappa shape index (κ2) is 9.84. The average molecular weight is 470 g/mol. The Morgan fingerprint density at radius 2 is 2.03 bits per heavy atom. The highest BCUT2D eigenvalue weighted by atomic mass is 16.1. The third kappa shape index (κ3) is 5.17. The van der Waals surface area contributed by atoms with E-state index in [0.717, 1.165) is 48.5 Å². The van der Waals surface area contributed by atoms with Gasteiger partial charge in [0.1, 0.15) is 11.3 Å². The molecule has 0 bridgehead atoms. The van der Waals surface area contributed by atoms with E-state index in [1.807, 2.05) is 54.2 Å². The van der Waals surface area contributed by atoms with Crippen LogP contribution in [0.1, 0.15) is 53.4 Å². The molecule has 1 aliphatic heterocycles. The monoisotopic (exact) mass is 469 g/mol. The quantitative estimate of drug-likeness (QED) is 0.386. The molecule has 0 radical (unpaired) electrons. The zero-order valence-corrected chi connectivity index (χ0v) is 20.5. The van der Waals surface area contributed by atoms with Gasteiger partial charge in [0.25, 0.3) is 5.91 Å². The minimum atomic E-state index is -0.107. The number of carbonyl (C=O) groups is 1. The molecule has 2 aromatic carbocycles. The molecule has 5 rings (SSSR count). The number of nitrogens with one attached hydrogen (secondary N) is 2. The average Bonchev–Trinajstić information content (AvgIpc) is 3.25. The maximum Gasteiger partial charge on any atom is 0.255 e. The van der Waals surface area contributed by atoms with Gasteiger partial charge in [0.2, 0.25) is 5.65 Å². The number of benzene rings is 2. The van der Waals surface area contributed by atoms with Crippen molar-refractivity contribution in [2.24, 2.45) is 0 Å². The third-order valence-electron chi connectivity index (χ3n) is 6.56. The molecule has 1 amide bonds. The number of carbonyl (C=O) groups excluding carboxylic acids is 1. The van der Waals surface area contributed by atoms with Crippen LogP contribution in [0.3, 0.4) is 0 Å². The van der Waals surface area contributed by atoms with Crippen molar-refractivity contribution in [3.63, 3.8) is 0 Å². The molecule has 0 aliphatic carbocycles. The molecule has 35 heavy (non-hydrogen) atoms. The maximum absolute atomic E-state index is 12.9. The van der Waals surface area contributed by atoms with Gasteiger partial charge >= 0.3 is 0 Å². The van der Waals surface area contributed by atoms with Gasteiger partial charge in [-0.1, -0.05) is 18.2 Å². The van der Waals surface area contributed by atoms with Crippen LogP contribution in [0.5, 0.6) is 0 Å². The molecule has 0 saturated carbocycles. The van der Waals surface area contributed by atoms with E-state index >= 15 is 0 Å². The molecule has 2 aromatic heterocycles. The fourth-order valence-corrected chi connectivity index (χ4v) is 4.27. The molecule has 4 aromatic rings. The van der Waals surface area contributed by atoms with Crippen LogP contribution in [0, 0.1) is 6.92 Å². The van der Waals surface area contributed by atoms with E-state index in [1.54, 1.807) is 6.20 Å². The number of fused-ring (bicyclic) bond motifs is 1. The summed E-state index contributed by atoms with van der Waals surface area (Å²) in [6, 6.07) is 13.8. The van der Waals surface area contributed by atoms with Crippen LogP contribution >= 0.6 is 0 Å². The van der Waals surface area contributed by atoms with Gasteiger partial charge in [-0.25, -0.2) is 9.97 Å². The van der Waals surface area contributed by atoms with Crippen LogP contribution in [-0.4, -0.2) is 43.6 Å². The van der Waals surface area contributed by atoms with Crippen LogP contribution in [-0.2, 0) is 13.1 Å². The lowest BCUT2D eigenvalue weighted by molar-refractivity contribution is 0.102. The Balaban J connectivity index is 1.25. The molecule has 8 heteroatoms. The molecule has 0 unspecified atom stereocenters. The molecule has 1 fully saturated rings. The number of nitrogens with zero attached hydrogens (tertiary/aromatic N) is 5. The first-order valence-electron chi connectivity index (χ1n) is 12.2. The number of rotatable bonds is 8. The summed E-state index contributed by atoms with van der Waals surface area (Å²) in [6.45, 7) is 10.2. The first kappa shape index (κ1) is 23.0. The van der Waals surface area contributed by atoms with Crippen LogP contribution in [0.25, 0.3) is 11.2 Å². The lowest BCUT2D eigenvalue weighted by Gasteiger charge is -2.31. The second-order valence-electron chi connectivity index (χ2n) is 9.17. The van der Waals surface area contributed by atoms with E-state index in [-0.39, 0.29) is 11.9 Å². The summed E-state index contributed by atoms with van der Waals surface area (Å²) in [7, 11) is 0. The fraction of sp³-hybridized carbons (Fsp3) is 0.333.